The van der Waals surface area contributed by atoms with Crippen molar-refractivity contribution in [2.75, 3.05) is 5.32 Å². The first-order chi connectivity index (χ1) is 16.5. The average molecular weight is 455 g/mol. The Morgan fingerprint density at radius 1 is 1.03 bits per heavy atom. The van der Waals surface area contributed by atoms with E-state index in [-0.39, 0.29) is 29.2 Å². The number of hydrogen-bond acceptors (Lipinski definition) is 10. The highest BCUT2D eigenvalue weighted by atomic mass is 16.6. The molecule has 0 aliphatic rings. The number of carbonyl (C=O) groups is 1. The first-order valence-corrected chi connectivity index (χ1v) is 10.2. The van der Waals surface area contributed by atoms with Crippen LogP contribution in [0.15, 0.2) is 79.9 Å². The van der Waals surface area contributed by atoms with Crippen LogP contribution in [0.5, 0.6) is 0 Å². The van der Waals surface area contributed by atoms with Crippen LogP contribution in [-0.4, -0.2) is 31.4 Å². The van der Waals surface area contributed by atoms with E-state index in [1.54, 1.807) is 30.3 Å². The number of aromatic nitrogens is 4. The van der Waals surface area contributed by atoms with Gasteiger partial charge in [0, 0.05) is 11.3 Å². The number of carboxylic acids is 1. The number of carboxylic acid groups (broad SMARTS) is 1. The van der Waals surface area contributed by atoms with Gasteiger partial charge in [0.2, 0.25) is 17.1 Å². The molecule has 0 fully saturated rings. The van der Waals surface area contributed by atoms with Crippen LogP contribution in [0.1, 0.15) is 21.7 Å². The molecule has 0 bridgehead atoms. The maximum Gasteiger partial charge on any atom is 0.335 e. The summed E-state index contributed by atoms with van der Waals surface area (Å²) in [4.78, 5) is 19.9. The Morgan fingerprint density at radius 2 is 1.85 bits per heavy atom. The van der Waals surface area contributed by atoms with Gasteiger partial charge in [-0.1, -0.05) is 24.3 Å². The maximum atomic E-state index is 11.2. The first-order valence-electron chi connectivity index (χ1n) is 10.2. The third-order valence-corrected chi connectivity index (χ3v) is 4.82. The van der Waals surface area contributed by atoms with Gasteiger partial charge >= 0.3 is 5.97 Å². The number of anilines is 2. The lowest BCUT2D eigenvalue weighted by molar-refractivity contribution is 0.0697. The van der Waals surface area contributed by atoms with Crippen LogP contribution in [0, 0.1) is 6.92 Å². The smallest absolute Gasteiger partial charge is 0.335 e. The zero-order valence-corrected chi connectivity index (χ0v) is 17.8. The van der Waals surface area contributed by atoms with Gasteiger partial charge in [-0.3, -0.25) is 0 Å². The van der Waals surface area contributed by atoms with Gasteiger partial charge in [0.25, 0.3) is 0 Å². The van der Waals surface area contributed by atoms with E-state index in [9.17, 15) is 9.90 Å². The summed E-state index contributed by atoms with van der Waals surface area (Å²) in [6, 6.07) is 17.8. The van der Waals surface area contributed by atoms with Crippen molar-refractivity contribution in [1.82, 2.24) is 20.3 Å². The van der Waals surface area contributed by atoms with Gasteiger partial charge in [-0.25, -0.2) is 14.4 Å². The van der Waals surface area contributed by atoms with Crippen molar-refractivity contribution in [3.05, 3.63) is 77.6 Å². The summed E-state index contributed by atoms with van der Waals surface area (Å²) in [5, 5.41) is 28.2. The van der Waals surface area contributed by atoms with Gasteiger partial charge in [-0.15, -0.1) is 5.11 Å². The molecule has 0 amide bonds. The summed E-state index contributed by atoms with van der Waals surface area (Å²) in [5.74, 6) is 0.640. The molecule has 168 valence electrons. The molecule has 5 rings (SSSR count). The second kappa shape index (κ2) is 8.90. The van der Waals surface area contributed by atoms with Crippen LogP contribution < -0.4 is 5.32 Å². The fourth-order valence-corrected chi connectivity index (χ4v) is 3.24. The van der Waals surface area contributed by atoms with Gasteiger partial charge in [-0.05, 0) is 59.2 Å². The summed E-state index contributed by atoms with van der Waals surface area (Å²) in [7, 11) is 0. The Bertz CT molecular complexity index is 1520. The lowest BCUT2D eigenvalue weighted by Crippen LogP contribution is -1.97. The Hall–Kier alpha value is -4.93. The highest BCUT2D eigenvalue weighted by molar-refractivity contribution is 5.89. The average Bonchev–Trinajstić information content (AvgIpc) is 3.49. The van der Waals surface area contributed by atoms with Crippen LogP contribution in [0.2, 0.25) is 0 Å². The monoisotopic (exact) mass is 455 g/mol. The number of benzene rings is 2. The lowest BCUT2D eigenvalue weighted by Gasteiger charge is -2.07. The van der Waals surface area contributed by atoms with Crippen LogP contribution in [0.25, 0.3) is 22.6 Å². The van der Waals surface area contributed by atoms with Crippen molar-refractivity contribution in [1.29, 1.82) is 0 Å². The van der Waals surface area contributed by atoms with Crippen LogP contribution >= 0.6 is 0 Å². The topological polar surface area (TPSA) is 152 Å². The van der Waals surface area contributed by atoms with E-state index in [1.165, 1.54) is 6.07 Å². The highest BCUT2D eigenvalue weighted by Crippen LogP contribution is 2.28. The van der Waals surface area contributed by atoms with Crippen LogP contribution in [0.3, 0.4) is 0 Å². The van der Waals surface area contributed by atoms with Gasteiger partial charge < -0.3 is 14.8 Å². The predicted octanol–water partition coefficient (Wildman–Crippen LogP) is 5.31. The molecule has 0 spiro atoms. The molecule has 2 aromatic carbocycles. The number of hydrogen-bond donors (Lipinski definition) is 2. The van der Waals surface area contributed by atoms with E-state index in [0.717, 1.165) is 11.3 Å². The van der Waals surface area contributed by atoms with Crippen LogP contribution in [-0.2, 0) is 6.54 Å². The summed E-state index contributed by atoms with van der Waals surface area (Å²) < 4.78 is 10.5. The molecule has 0 aliphatic carbocycles. The van der Waals surface area contributed by atoms with Crippen LogP contribution in [0.4, 0.5) is 17.3 Å². The first kappa shape index (κ1) is 20.9. The van der Waals surface area contributed by atoms with Crippen molar-refractivity contribution in [3.63, 3.8) is 0 Å². The summed E-state index contributed by atoms with van der Waals surface area (Å²) in [6.07, 6.45) is 0. The largest absolute Gasteiger partial charge is 0.478 e. The molecule has 11 heteroatoms. The Balaban J connectivity index is 1.37. The Morgan fingerprint density at radius 3 is 2.68 bits per heavy atom. The van der Waals surface area contributed by atoms with E-state index < -0.39 is 5.97 Å². The minimum absolute atomic E-state index is 0.138. The van der Waals surface area contributed by atoms with Crippen molar-refractivity contribution < 1.29 is 18.9 Å². The van der Waals surface area contributed by atoms with E-state index in [1.807, 2.05) is 31.2 Å². The normalized spacial score (nSPS) is 11.3. The maximum absolute atomic E-state index is 11.2. The molecule has 34 heavy (non-hydrogen) atoms. The molecular weight excluding hydrogens is 438 g/mol. The number of nitrogens with one attached hydrogen (secondary N) is 1. The molecule has 11 nitrogen and oxygen atoms in total. The summed E-state index contributed by atoms with van der Waals surface area (Å²) in [6.45, 7) is 2.12. The van der Waals surface area contributed by atoms with E-state index in [2.05, 4.69) is 35.8 Å². The molecule has 3 aromatic heterocycles. The van der Waals surface area contributed by atoms with E-state index >= 15 is 0 Å². The Kier molecular flexibility index (Phi) is 5.48. The van der Waals surface area contributed by atoms with Gasteiger partial charge in [-0.2, -0.15) is 10.1 Å². The van der Waals surface area contributed by atoms with E-state index in [0.29, 0.717) is 22.9 Å². The Labute approximate surface area is 192 Å². The van der Waals surface area contributed by atoms with Gasteiger partial charge in [0.15, 0.2) is 5.82 Å². The number of aryl methyl sites for hydroxylation is 1. The number of nitrogens with zero attached hydrogens (tertiary/aromatic N) is 6. The third kappa shape index (κ3) is 4.48. The lowest BCUT2D eigenvalue weighted by atomic mass is 10.1. The minimum Gasteiger partial charge on any atom is -0.478 e. The molecule has 0 saturated heterocycles. The number of aromatic carboxylic acids is 1. The number of furan rings is 1. The molecule has 0 saturated carbocycles. The van der Waals surface area contributed by atoms with Gasteiger partial charge in [0.1, 0.15) is 18.1 Å². The van der Waals surface area contributed by atoms with Crippen molar-refractivity contribution in [3.8, 4) is 11.3 Å². The molecule has 3 heterocycles. The van der Waals surface area contributed by atoms with E-state index in [4.69, 9.17) is 9.05 Å². The molecule has 0 unspecified atom stereocenters. The standard InChI is InChI=1S/C23H17N7O4/c1-13-4-2-7-16(10-13)25-19-20(27-22-21(26-19)29-34-30-22)28-24-12-17-8-9-18(33-17)14-5-3-6-15(11-14)23(31)32/h2-11H,12H2,1H3,(H,31,32)(H,25,26,29). The second-order valence-corrected chi connectivity index (χ2v) is 7.35. The quantitative estimate of drug-likeness (QED) is 0.311. The molecule has 0 radical (unpaired) electrons. The molecule has 5 aromatic rings. The fourth-order valence-electron chi connectivity index (χ4n) is 3.24. The number of rotatable bonds is 7. The fraction of sp³-hybridized carbons (Fsp3) is 0.0870. The molecule has 0 atom stereocenters. The zero-order valence-electron chi connectivity index (χ0n) is 17.8. The molecule has 2 N–H and O–H groups in total. The minimum atomic E-state index is -1.00. The highest BCUT2D eigenvalue weighted by Gasteiger charge is 2.13. The van der Waals surface area contributed by atoms with Gasteiger partial charge in [0.05, 0.1) is 5.56 Å². The van der Waals surface area contributed by atoms with Crippen molar-refractivity contribution >= 4 is 34.6 Å². The summed E-state index contributed by atoms with van der Waals surface area (Å²) >= 11 is 0. The number of fused-ring (bicyclic) bond motifs is 1. The molecular formula is C23H17N7O4. The van der Waals surface area contributed by atoms with Crippen molar-refractivity contribution in [2.45, 2.75) is 13.5 Å². The predicted molar refractivity (Wildman–Crippen MR) is 121 cm³/mol. The third-order valence-electron chi connectivity index (χ3n) is 4.82. The SMILES string of the molecule is Cc1cccc(Nc2nc3nonc3nc2N=NCc2ccc(-c3cccc(C(=O)O)c3)o2)c1. The number of azo groups is 1. The zero-order chi connectivity index (χ0) is 23.5. The second-order valence-electron chi connectivity index (χ2n) is 7.35. The van der Waals surface area contributed by atoms with Crippen molar-refractivity contribution in [2.24, 2.45) is 10.2 Å². The molecule has 0 aliphatic heterocycles. The summed E-state index contributed by atoms with van der Waals surface area (Å²) in [5.41, 5.74) is 3.17.